The molecule has 15 heavy (non-hydrogen) atoms. The van der Waals surface area contributed by atoms with Crippen LogP contribution in [0.1, 0.15) is 26.3 Å². The maximum atomic E-state index is 9.51. The van der Waals surface area contributed by atoms with Gasteiger partial charge in [0.25, 0.3) is 0 Å². The average molecular weight is 209 g/mol. The highest BCUT2D eigenvalue weighted by molar-refractivity contribution is 5.17. The van der Waals surface area contributed by atoms with Gasteiger partial charge in [0.1, 0.15) is 0 Å². The molecule has 0 amide bonds. The Labute approximate surface area is 90.6 Å². The van der Waals surface area contributed by atoms with Crippen molar-refractivity contribution >= 4 is 6.20 Å². The molecule has 0 saturated carbocycles. The summed E-state index contributed by atoms with van der Waals surface area (Å²) in [7, 11) is 0. The van der Waals surface area contributed by atoms with Gasteiger partial charge in [-0.15, -0.1) is 0 Å². The van der Waals surface area contributed by atoms with Crippen LogP contribution in [0.25, 0.3) is 6.20 Å². The number of nitrogens with one attached hydrogen (secondary N) is 1. The number of nitrogens with zero attached hydrogens (tertiary/aromatic N) is 2. The number of aliphatic hydroxyl groups excluding tert-OH is 1. The smallest absolute Gasteiger partial charge is 0.0688 e. The molecule has 0 saturated heterocycles. The Hall–Kier alpha value is -1.13. The van der Waals surface area contributed by atoms with E-state index in [-0.39, 0.29) is 5.54 Å². The Morgan fingerprint density at radius 1 is 1.73 bits per heavy atom. The first kappa shape index (κ1) is 11.9. The molecule has 4 nitrogen and oxygen atoms in total. The van der Waals surface area contributed by atoms with Crippen molar-refractivity contribution in [3.8, 4) is 0 Å². The highest BCUT2D eigenvalue weighted by atomic mass is 16.3. The van der Waals surface area contributed by atoms with E-state index in [0.717, 1.165) is 5.56 Å². The molecule has 0 aromatic carbocycles. The van der Waals surface area contributed by atoms with Crippen molar-refractivity contribution in [1.82, 2.24) is 15.1 Å². The summed E-state index contributed by atoms with van der Waals surface area (Å²) >= 11 is 0. The first-order chi connectivity index (χ1) is 6.95. The molecule has 0 spiro atoms. The second-order valence-corrected chi connectivity index (χ2v) is 4.26. The molecule has 1 aromatic rings. The standard InChI is InChI=1S/C11H19N3O/c1-5-14-8-10(7-13-14)6-12-11(3,4)9(2)15/h5,7-9,12,15H,1,6H2,2-4H3. The van der Waals surface area contributed by atoms with E-state index in [9.17, 15) is 5.11 Å². The predicted molar refractivity (Wildman–Crippen MR) is 61.2 cm³/mol. The molecule has 84 valence electrons. The quantitative estimate of drug-likeness (QED) is 0.767. The number of hydrogen-bond donors (Lipinski definition) is 2. The SMILES string of the molecule is C=Cn1cc(CNC(C)(C)C(C)O)cn1. The monoisotopic (exact) mass is 209 g/mol. The lowest BCUT2D eigenvalue weighted by atomic mass is 9.99. The molecule has 0 aliphatic rings. The van der Waals surface area contributed by atoms with Crippen molar-refractivity contribution in [2.45, 2.75) is 39.0 Å². The average Bonchev–Trinajstić information content (AvgIpc) is 2.62. The summed E-state index contributed by atoms with van der Waals surface area (Å²) in [5.74, 6) is 0. The van der Waals surface area contributed by atoms with Crippen molar-refractivity contribution in [2.24, 2.45) is 0 Å². The van der Waals surface area contributed by atoms with E-state index in [1.54, 1.807) is 24.0 Å². The zero-order valence-electron chi connectivity index (χ0n) is 9.57. The van der Waals surface area contributed by atoms with Crippen LogP contribution < -0.4 is 5.32 Å². The minimum Gasteiger partial charge on any atom is -0.392 e. The largest absolute Gasteiger partial charge is 0.392 e. The van der Waals surface area contributed by atoms with Gasteiger partial charge in [-0.25, -0.2) is 4.68 Å². The summed E-state index contributed by atoms with van der Waals surface area (Å²) < 4.78 is 1.66. The van der Waals surface area contributed by atoms with Gasteiger partial charge < -0.3 is 10.4 Å². The molecule has 1 unspecified atom stereocenters. The first-order valence-corrected chi connectivity index (χ1v) is 5.04. The van der Waals surface area contributed by atoms with Gasteiger partial charge in [0.15, 0.2) is 0 Å². The predicted octanol–water partition coefficient (Wildman–Crippen LogP) is 1.23. The van der Waals surface area contributed by atoms with Gasteiger partial charge in [0, 0.05) is 30.0 Å². The topological polar surface area (TPSA) is 50.1 Å². The van der Waals surface area contributed by atoms with E-state index in [1.165, 1.54) is 0 Å². The highest BCUT2D eigenvalue weighted by Crippen LogP contribution is 2.09. The van der Waals surface area contributed by atoms with Crippen LogP contribution in [0.15, 0.2) is 19.0 Å². The lowest BCUT2D eigenvalue weighted by molar-refractivity contribution is 0.0956. The third kappa shape index (κ3) is 3.18. The molecule has 0 bridgehead atoms. The highest BCUT2D eigenvalue weighted by Gasteiger charge is 2.22. The molecule has 4 heteroatoms. The summed E-state index contributed by atoms with van der Waals surface area (Å²) in [4.78, 5) is 0. The van der Waals surface area contributed by atoms with Gasteiger partial charge in [0.2, 0.25) is 0 Å². The Balaban J connectivity index is 2.53. The normalized spacial score (nSPS) is 13.9. The zero-order valence-corrected chi connectivity index (χ0v) is 9.57. The maximum absolute atomic E-state index is 9.51. The molecular formula is C11H19N3O. The molecule has 1 aromatic heterocycles. The van der Waals surface area contributed by atoms with Crippen molar-refractivity contribution in [1.29, 1.82) is 0 Å². The maximum Gasteiger partial charge on any atom is 0.0688 e. The second-order valence-electron chi connectivity index (χ2n) is 4.26. The molecule has 1 atom stereocenters. The molecule has 1 rings (SSSR count). The molecule has 0 aliphatic heterocycles. The Bertz CT molecular complexity index is 328. The van der Waals surface area contributed by atoms with Crippen LogP contribution >= 0.6 is 0 Å². The number of aromatic nitrogens is 2. The van der Waals surface area contributed by atoms with Crippen molar-refractivity contribution in [3.05, 3.63) is 24.5 Å². The fourth-order valence-electron chi connectivity index (χ4n) is 1.05. The van der Waals surface area contributed by atoms with E-state index < -0.39 is 6.10 Å². The van der Waals surface area contributed by atoms with Crippen LogP contribution in [0.3, 0.4) is 0 Å². The first-order valence-electron chi connectivity index (χ1n) is 5.04. The number of rotatable bonds is 5. The molecule has 1 heterocycles. The summed E-state index contributed by atoms with van der Waals surface area (Å²) in [6.45, 7) is 10.0. The molecule has 0 radical (unpaired) electrons. The summed E-state index contributed by atoms with van der Waals surface area (Å²) in [5.41, 5.74) is 0.777. The zero-order chi connectivity index (χ0) is 11.5. The lowest BCUT2D eigenvalue weighted by Gasteiger charge is -2.29. The van der Waals surface area contributed by atoms with E-state index in [4.69, 9.17) is 0 Å². The molecular weight excluding hydrogens is 190 g/mol. The van der Waals surface area contributed by atoms with Crippen molar-refractivity contribution in [3.63, 3.8) is 0 Å². The molecule has 0 fully saturated rings. The van der Waals surface area contributed by atoms with Gasteiger partial charge in [-0.05, 0) is 20.8 Å². The third-order valence-corrected chi connectivity index (χ3v) is 2.63. The van der Waals surface area contributed by atoms with Crippen molar-refractivity contribution < 1.29 is 5.11 Å². The minimum atomic E-state index is -0.396. The summed E-state index contributed by atoms with van der Waals surface area (Å²) in [5, 5.41) is 16.9. The lowest BCUT2D eigenvalue weighted by Crippen LogP contribution is -2.47. The second kappa shape index (κ2) is 4.59. The van der Waals surface area contributed by atoms with Gasteiger partial charge in [0.05, 0.1) is 12.3 Å². The van der Waals surface area contributed by atoms with Crippen LogP contribution in [0.4, 0.5) is 0 Å². The van der Waals surface area contributed by atoms with E-state index in [1.807, 2.05) is 20.0 Å². The Kier molecular flexibility index (Phi) is 3.66. The Morgan fingerprint density at radius 2 is 2.40 bits per heavy atom. The van der Waals surface area contributed by atoms with Crippen molar-refractivity contribution in [2.75, 3.05) is 0 Å². The van der Waals surface area contributed by atoms with Crippen LogP contribution in [0, 0.1) is 0 Å². The fraction of sp³-hybridized carbons (Fsp3) is 0.545. The van der Waals surface area contributed by atoms with Crippen LogP contribution in [-0.2, 0) is 6.54 Å². The number of hydrogen-bond acceptors (Lipinski definition) is 3. The summed E-state index contributed by atoms with van der Waals surface area (Å²) in [6, 6.07) is 0. The van der Waals surface area contributed by atoms with Crippen LogP contribution in [-0.4, -0.2) is 26.5 Å². The van der Waals surface area contributed by atoms with Gasteiger partial charge >= 0.3 is 0 Å². The van der Waals surface area contributed by atoms with Gasteiger partial charge in [-0.2, -0.15) is 5.10 Å². The van der Waals surface area contributed by atoms with E-state index >= 15 is 0 Å². The number of aliphatic hydroxyl groups is 1. The minimum absolute atomic E-state index is 0.295. The van der Waals surface area contributed by atoms with Gasteiger partial charge in [-0.1, -0.05) is 6.58 Å². The molecule has 0 aliphatic carbocycles. The van der Waals surface area contributed by atoms with E-state index in [2.05, 4.69) is 17.0 Å². The molecule has 2 N–H and O–H groups in total. The van der Waals surface area contributed by atoms with E-state index in [0.29, 0.717) is 6.54 Å². The fourth-order valence-corrected chi connectivity index (χ4v) is 1.05. The Morgan fingerprint density at radius 3 is 2.87 bits per heavy atom. The summed E-state index contributed by atoms with van der Waals surface area (Å²) in [6.07, 6.45) is 4.93. The van der Waals surface area contributed by atoms with Crippen LogP contribution in [0.5, 0.6) is 0 Å². The third-order valence-electron chi connectivity index (χ3n) is 2.63. The van der Waals surface area contributed by atoms with Crippen LogP contribution in [0.2, 0.25) is 0 Å². The van der Waals surface area contributed by atoms with Gasteiger partial charge in [-0.3, -0.25) is 0 Å².